The first kappa shape index (κ1) is 10.7. The van der Waals surface area contributed by atoms with Crippen LogP contribution in [0.5, 0.6) is 0 Å². The van der Waals surface area contributed by atoms with Gasteiger partial charge in [-0.15, -0.1) is 0 Å². The Labute approximate surface area is 93.1 Å². The molecule has 1 heterocycles. The van der Waals surface area contributed by atoms with Crippen LogP contribution in [0.3, 0.4) is 0 Å². The minimum Gasteiger partial charge on any atom is -0.300 e. The quantitative estimate of drug-likeness (QED) is 0.727. The molecule has 1 fully saturated rings. The summed E-state index contributed by atoms with van der Waals surface area (Å²) < 4.78 is 0. The lowest BCUT2D eigenvalue weighted by atomic mass is 9.94. The van der Waals surface area contributed by atoms with Gasteiger partial charge in [-0.1, -0.05) is 44.2 Å². The minimum absolute atomic E-state index is 0.795. The van der Waals surface area contributed by atoms with E-state index >= 15 is 0 Å². The highest BCUT2D eigenvalue weighted by atomic mass is 15.2. The molecule has 1 aromatic rings. The van der Waals surface area contributed by atoms with Crippen molar-refractivity contribution in [2.45, 2.75) is 32.7 Å². The first-order chi connectivity index (χ1) is 7.25. The molecule has 1 aliphatic rings. The summed E-state index contributed by atoms with van der Waals surface area (Å²) in [6.45, 7) is 7.17. The first-order valence-electron chi connectivity index (χ1n) is 6.03. The molecule has 0 N–H and O–H groups in total. The van der Waals surface area contributed by atoms with E-state index in [1.807, 2.05) is 0 Å². The van der Waals surface area contributed by atoms with Crippen LogP contribution in [0.4, 0.5) is 0 Å². The van der Waals surface area contributed by atoms with Crippen molar-refractivity contribution in [2.75, 3.05) is 13.1 Å². The fraction of sp³-hybridized carbons (Fsp3) is 0.571. The minimum atomic E-state index is 0.795. The zero-order chi connectivity index (χ0) is 10.7. The zero-order valence-corrected chi connectivity index (χ0v) is 9.82. The molecule has 0 radical (unpaired) electrons. The molecule has 1 saturated heterocycles. The summed E-state index contributed by atoms with van der Waals surface area (Å²) in [5.41, 5.74) is 1.48. The van der Waals surface area contributed by atoms with Crippen molar-refractivity contribution in [3.05, 3.63) is 35.9 Å². The number of rotatable bonds is 4. The summed E-state index contributed by atoms with van der Waals surface area (Å²) in [5.74, 6) is 0.795. The third-order valence-electron chi connectivity index (χ3n) is 3.18. The molecular weight excluding hydrogens is 182 g/mol. The molecule has 2 rings (SSSR count). The Kier molecular flexibility index (Phi) is 3.42. The van der Waals surface area contributed by atoms with Gasteiger partial charge in [0, 0.05) is 12.6 Å². The van der Waals surface area contributed by atoms with Gasteiger partial charge in [-0.25, -0.2) is 0 Å². The number of likely N-dealkylation sites (tertiary alicyclic amines) is 1. The molecule has 1 heteroatoms. The molecule has 82 valence electrons. The highest BCUT2D eigenvalue weighted by Gasteiger charge is 2.27. The molecule has 0 amide bonds. The Balaban J connectivity index is 1.85. The molecule has 0 aromatic heterocycles. The van der Waals surface area contributed by atoms with Gasteiger partial charge < -0.3 is 0 Å². The van der Waals surface area contributed by atoms with Gasteiger partial charge in [0.05, 0.1) is 0 Å². The van der Waals surface area contributed by atoms with Gasteiger partial charge in [-0.05, 0) is 30.9 Å². The van der Waals surface area contributed by atoms with E-state index in [1.165, 1.54) is 31.5 Å². The standard InChI is InChI=1S/C14H21N/c1-12(2)11-15-9-8-14(15)10-13-6-4-3-5-7-13/h3-7,12,14H,8-11H2,1-2H3/t14-/m1/s1. The number of nitrogens with zero attached hydrogens (tertiary/aromatic N) is 1. The highest BCUT2D eigenvalue weighted by Crippen LogP contribution is 2.22. The van der Waals surface area contributed by atoms with Gasteiger partial charge in [-0.3, -0.25) is 4.90 Å². The van der Waals surface area contributed by atoms with Crippen LogP contribution in [-0.4, -0.2) is 24.0 Å². The van der Waals surface area contributed by atoms with Crippen LogP contribution in [-0.2, 0) is 6.42 Å². The Hall–Kier alpha value is -0.820. The Morgan fingerprint density at radius 2 is 2.00 bits per heavy atom. The lowest BCUT2D eigenvalue weighted by molar-refractivity contribution is 0.0771. The van der Waals surface area contributed by atoms with E-state index in [0.29, 0.717) is 0 Å². The van der Waals surface area contributed by atoms with E-state index < -0.39 is 0 Å². The number of hydrogen-bond donors (Lipinski definition) is 0. The summed E-state index contributed by atoms with van der Waals surface area (Å²) in [4.78, 5) is 2.62. The van der Waals surface area contributed by atoms with Crippen LogP contribution < -0.4 is 0 Å². The van der Waals surface area contributed by atoms with Gasteiger partial charge in [0.15, 0.2) is 0 Å². The molecule has 0 aliphatic carbocycles. The van der Waals surface area contributed by atoms with Gasteiger partial charge >= 0.3 is 0 Å². The van der Waals surface area contributed by atoms with Crippen molar-refractivity contribution in [2.24, 2.45) is 5.92 Å². The van der Waals surface area contributed by atoms with Crippen molar-refractivity contribution in [3.63, 3.8) is 0 Å². The normalized spacial score (nSPS) is 21.7. The smallest absolute Gasteiger partial charge is 0.0148 e. The van der Waals surface area contributed by atoms with Crippen molar-refractivity contribution in [3.8, 4) is 0 Å². The van der Waals surface area contributed by atoms with Gasteiger partial charge in [-0.2, -0.15) is 0 Å². The second-order valence-electron chi connectivity index (χ2n) is 5.02. The second kappa shape index (κ2) is 4.80. The lowest BCUT2D eigenvalue weighted by Crippen LogP contribution is -2.50. The van der Waals surface area contributed by atoms with Gasteiger partial charge in [0.25, 0.3) is 0 Å². The molecule has 15 heavy (non-hydrogen) atoms. The molecule has 1 atom stereocenters. The first-order valence-corrected chi connectivity index (χ1v) is 6.03. The number of hydrogen-bond acceptors (Lipinski definition) is 1. The molecular formula is C14H21N. The maximum Gasteiger partial charge on any atom is 0.0148 e. The molecule has 0 bridgehead atoms. The van der Waals surface area contributed by atoms with Crippen LogP contribution in [0.2, 0.25) is 0 Å². The van der Waals surface area contributed by atoms with Crippen molar-refractivity contribution < 1.29 is 0 Å². The largest absolute Gasteiger partial charge is 0.300 e. The molecule has 1 nitrogen and oxygen atoms in total. The van der Waals surface area contributed by atoms with E-state index in [9.17, 15) is 0 Å². The van der Waals surface area contributed by atoms with E-state index in [4.69, 9.17) is 0 Å². The molecule has 0 spiro atoms. The lowest BCUT2D eigenvalue weighted by Gasteiger charge is -2.42. The summed E-state index contributed by atoms with van der Waals surface area (Å²) in [5, 5.41) is 0. The average Bonchev–Trinajstić information content (AvgIpc) is 2.23. The third kappa shape index (κ3) is 2.82. The van der Waals surface area contributed by atoms with Crippen molar-refractivity contribution in [1.82, 2.24) is 4.90 Å². The van der Waals surface area contributed by atoms with Crippen LogP contribution in [0.1, 0.15) is 25.8 Å². The predicted octanol–water partition coefficient (Wildman–Crippen LogP) is 2.96. The summed E-state index contributed by atoms with van der Waals surface area (Å²) in [6, 6.07) is 11.7. The van der Waals surface area contributed by atoms with Crippen LogP contribution in [0.15, 0.2) is 30.3 Å². The van der Waals surface area contributed by atoms with E-state index in [0.717, 1.165) is 12.0 Å². The monoisotopic (exact) mass is 203 g/mol. The summed E-state index contributed by atoms with van der Waals surface area (Å²) in [6.07, 6.45) is 2.61. The topological polar surface area (TPSA) is 3.24 Å². The second-order valence-corrected chi connectivity index (χ2v) is 5.02. The van der Waals surface area contributed by atoms with E-state index in [-0.39, 0.29) is 0 Å². The fourth-order valence-electron chi connectivity index (χ4n) is 2.32. The van der Waals surface area contributed by atoms with Crippen LogP contribution in [0, 0.1) is 5.92 Å². The Morgan fingerprint density at radius 1 is 1.27 bits per heavy atom. The van der Waals surface area contributed by atoms with Gasteiger partial charge in [0.1, 0.15) is 0 Å². The number of benzene rings is 1. The molecule has 0 saturated carbocycles. The summed E-state index contributed by atoms with van der Waals surface area (Å²) >= 11 is 0. The third-order valence-corrected chi connectivity index (χ3v) is 3.18. The van der Waals surface area contributed by atoms with Crippen molar-refractivity contribution in [1.29, 1.82) is 0 Å². The average molecular weight is 203 g/mol. The zero-order valence-electron chi connectivity index (χ0n) is 9.82. The fourth-order valence-corrected chi connectivity index (χ4v) is 2.32. The predicted molar refractivity (Wildman–Crippen MR) is 65.0 cm³/mol. The van der Waals surface area contributed by atoms with E-state index in [1.54, 1.807) is 0 Å². The molecule has 0 unspecified atom stereocenters. The SMILES string of the molecule is CC(C)CN1CC[C@@H]1Cc1ccccc1. The van der Waals surface area contributed by atoms with Crippen molar-refractivity contribution >= 4 is 0 Å². The maximum absolute atomic E-state index is 2.62. The van der Waals surface area contributed by atoms with E-state index in [2.05, 4.69) is 49.1 Å². The molecule has 1 aromatic carbocycles. The maximum atomic E-state index is 2.62. The highest BCUT2D eigenvalue weighted by molar-refractivity contribution is 5.16. The Bertz CT molecular complexity index is 291. The van der Waals surface area contributed by atoms with Gasteiger partial charge in [0.2, 0.25) is 0 Å². The van der Waals surface area contributed by atoms with Crippen LogP contribution in [0.25, 0.3) is 0 Å². The summed E-state index contributed by atoms with van der Waals surface area (Å²) in [7, 11) is 0. The molecule has 1 aliphatic heterocycles. The van der Waals surface area contributed by atoms with Crippen LogP contribution >= 0.6 is 0 Å². The Morgan fingerprint density at radius 3 is 2.53 bits per heavy atom.